The van der Waals surface area contributed by atoms with Gasteiger partial charge in [-0.1, -0.05) is 30.3 Å². The molecule has 0 aromatic heterocycles. The number of esters is 1. The van der Waals surface area contributed by atoms with E-state index in [2.05, 4.69) is 15.6 Å². The molecule has 0 unspecified atom stereocenters. The summed E-state index contributed by atoms with van der Waals surface area (Å²) in [6.07, 6.45) is 0.335. The van der Waals surface area contributed by atoms with Gasteiger partial charge >= 0.3 is 5.97 Å². The van der Waals surface area contributed by atoms with Gasteiger partial charge in [-0.2, -0.15) is 0 Å². The minimum Gasteiger partial charge on any atom is -0.464 e. The Kier molecular flexibility index (Phi) is 13.3. The van der Waals surface area contributed by atoms with E-state index in [4.69, 9.17) is 11.5 Å². The molecule has 136 valence electrons. The van der Waals surface area contributed by atoms with Gasteiger partial charge in [-0.15, -0.1) is 34.0 Å². The molecule has 0 aliphatic carbocycles. The highest BCUT2D eigenvalue weighted by Gasteiger charge is 2.18. The Balaban J connectivity index is 0. The Morgan fingerprint density at radius 2 is 1.50 bits per heavy atom. The number of hydrogen-bond acceptors (Lipinski definition) is 6. The van der Waals surface area contributed by atoms with Gasteiger partial charge < -0.3 is 16.2 Å². The molecule has 24 heavy (non-hydrogen) atoms. The van der Waals surface area contributed by atoms with Gasteiger partial charge in [0.15, 0.2) is 0 Å². The molecule has 0 spiro atoms. The summed E-state index contributed by atoms with van der Waals surface area (Å²) in [6.45, 7) is 0.933. The van der Waals surface area contributed by atoms with E-state index in [0.29, 0.717) is 6.42 Å². The fraction of sp³-hybridized carbons (Fsp3) is 0.357. The average molecular weight is 470 g/mol. The number of benzene rings is 1. The number of hydrazine groups is 1. The standard InChI is InChI=1S/C14H20N4O4.2BrH/c1-9(19)22-8-12(16)14(21)18-17-13(20)11(15)7-10-5-3-2-4-6-10;;/h2-6,11-12H,7-8,15-16H2,1H3,(H,17,20)(H,18,21);2*1H/t11-,12-;;/m0../s1. The molecule has 1 rings (SSSR count). The van der Waals surface area contributed by atoms with Crippen LogP contribution in [0.25, 0.3) is 0 Å². The molecule has 0 saturated carbocycles. The van der Waals surface area contributed by atoms with Gasteiger partial charge in [-0.3, -0.25) is 25.2 Å². The van der Waals surface area contributed by atoms with Gasteiger partial charge in [-0.05, 0) is 12.0 Å². The molecule has 0 heterocycles. The van der Waals surface area contributed by atoms with Crippen LogP contribution in [-0.2, 0) is 25.5 Å². The third-order valence-corrected chi connectivity index (χ3v) is 2.75. The molecule has 0 radical (unpaired) electrons. The Morgan fingerprint density at radius 1 is 1.00 bits per heavy atom. The summed E-state index contributed by atoms with van der Waals surface area (Å²) < 4.78 is 4.60. The second-order valence-corrected chi connectivity index (χ2v) is 4.68. The summed E-state index contributed by atoms with van der Waals surface area (Å²) in [5, 5.41) is 0. The summed E-state index contributed by atoms with van der Waals surface area (Å²) in [6, 6.07) is 7.36. The first-order chi connectivity index (χ1) is 10.4. The lowest BCUT2D eigenvalue weighted by atomic mass is 10.1. The number of amides is 2. The molecule has 6 N–H and O–H groups in total. The zero-order valence-electron chi connectivity index (χ0n) is 13.1. The van der Waals surface area contributed by atoms with Crippen LogP contribution in [0, 0.1) is 0 Å². The van der Waals surface area contributed by atoms with Crippen molar-refractivity contribution >= 4 is 51.7 Å². The molecule has 0 aliphatic rings. The molecule has 10 heteroatoms. The summed E-state index contributed by atoms with van der Waals surface area (Å²) in [5.41, 5.74) is 16.5. The zero-order valence-corrected chi connectivity index (χ0v) is 16.5. The maximum absolute atomic E-state index is 11.8. The first-order valence-corrected chi connectivity index (χ1v) is 6.68. The number of halogens is 2. The van der Waals surface area contributed by atoms with Crippen LogP contribution in [0.3, 0.4) is 0 Å². The van der Waals surface area contributed by atoms with Crippen molar-refractivity contribution in [3.05, 3.63) is 35.9 Å². The van der Waals surface area contributed by atoms with E-state index in [1.165, 1.54) is 6.92 Å². The van der Waals surface area contributed by atoms with Crippen LogP contribution < -0.4 is 22.3 Å². The third-order valence-electron chi connectivity index (χ3n) is 2.75. The number of nitrogens with two attached hydrogens (primary N) is 2. The van der Waals surface area contributed by atoms with Crippen molar-refractivity contribution in [2.75, 3.05) is 6.61 Å². The summed E-state index contributed by atoms with van der Waals surface area (Å²) in [7, 11) is 0. The largest absolute Gasteiger partial charge is 0.464 e. The van der Waals surface area contributed by atoms with Gasteiger partial charge in [0, 0.05) is 6.92 Å². The van der Waals surface area contributed by atoms with Crippen molar-refractivity contribution in [2.45, 2.75) is 25.4 Å². The monoisotopic (exact) mass is 468 g/mol. The van der Waals surface area contributed by atoms with E-state index in [9.17, 15) is 14.4 Å². The quantitative estimate of drug-likeness (QED) is 0.335. The normalized spacial score (nSPS) is 11.8. The number of carbonyl (C=O) groups is 3. The van der Waals surface area contributed by atoms with Crippen molar-refractivity contribution in [1.82, 2.24) is 10.9 Å². The molecule has 0 fully saturated rings. The van der Waals surface area contributed by atoms with Crippen LogP contribution in [0.15, 0.2) is 30.3 Å². The lowest BCUT2D eigenvalue weighted by Gasteiger charge is -2.15. The van der Waals surface area contributed by atoms with Crippen LogP contribution in [0.1, 0.15) is 12.5 Å². The minimum atomic E-state index is -1.07. The van der Waals surface area contributed by atoms with E-state index in [1.807, 2.05) is 30.3 Å². The van der Waals surface area contributed by atoms with Crippen molar-refractivity contribution < 1.29 is 19.1 Å². The SMILES string of the molecule is Br.Br.CC(=O)OC[C@H](N)C(=O)NNC(=O)[C@@H](N)Cc1ccccc1. The maximum Gasteiger partial charge on any atom is 0.302 e. The van der Waals surface area contributed by atoms with E-state index in [1.54, 1.807) is 0 Å². The fourth-order valence-corrected chi connectivity index (χ4v) is 1.55. The van der Waals surface area contributed by atoms with E-state index in [-0.39, 0.29) is 40.6 Å². The van der Waals surface area contributed by atoms with Crippen molar-refractivity contribution in [3.8, 4) is 0 Å². The molecule has 1 aromatic rings. The smallest absolute Gasteiger partial charge is 0.302 e. The Labute approximate surface area is 161 Å². The zero-order chi connectivity index (χ0) is 16.5. The lowest BCUT2D eigenvalue weighted by Crippen LogP contribution is -2.54. The number of carbonyl (C=O) groups excluding carboxylic acids is 3. The molecule has 2 atom stereocenters. The highest BCUT2D eigenvalue weighted by Crippen LogP contribution is 2.01. The second-order valence-electron chi connectivity index (χ2n) is 4.68. The highest BCUT2D eigenvalue weighted by atomic mass is 79.9. The number of nitrogens with one attached hydrogen (secondary N) is 2. The highest BCUT2D eigenvalue weighted by molar-refractivity contribution is 8.93. The Hall–Kier alpha value is -1.49. The van der Waals surface area contributed by atoms with Crippen LogP contribution >= 0.6 is 34.0 Å². The predicted molar refractivity (Wildman–Crippen MR) is 99.7 cm³/mol. The molecule has 8 nitrogen and oxygen atoms in total. The summed E-state index contributed by atoms with van der Waals surface area (Å²) in [4.78, 5) is 33.9. The van der Waals surface area contributed by atoms with Crippen LogP contribution in [0.2, 0.25) is 0 Å². The van der Waals surface area contributed by atoms with Crippen molar-refractivity contribution in [1.29, 1.82) is 0 Å². The number of ether oxygens (including phenoxy) is 1. The molecular weight excluding hydrogens is 448 g/mol. The third kappa shape index (κ3) is 9.60. The van der Waals surface area contributed by atoms with Gasteiger partial charge in [0.2, 0.25) is 0 Å². The van der Waals surface area contributed by atoms with Gasteiger partial charge in [0.1, 0.15) is 12.6 Å². The molecular formula is C14H22Br2N4O4. The van der Waals surface area contributed by atoms with E-state index < -0.39 is 29.9 Å². The Bertz CT molecular complexity index is 531. The van der Waals surface area contributed by atoms with Gasteiger partial charge in [0.05, 0.1) is 6.04 Å². The minimum absolute atomic E-state index is 0. The molecule has 0 bridgehead atoms. The summed E-state index contributed by atoms with van der Waals surface area (Å²) in [5.74, 6) is -1.77. The van der Waals surface area contributed by atoms with Crippen molar-refractivity contribution in [3.63, 3.8) is 0 Å². The predicted octanol–water partition coefficient (Wildman–Crippen LogP) is -0.250. The lowest BCUT2D eigenvalue weighted by molar-refractivity contribution is -0.143. The second kappa shape index (κ2) is 12.9. The molecule has 1 aromatic carbocycles. The van der Waals surface area contributed by atoms with Crippen molar-refractivity contribution in [2.24, 2.45) is 11.5 Å². The van der Waals surface area contributed by atoms with Crippen LogP contribution in [0.4, 0.5) is 0 Å². The van der Waals surface area contributed by atoms with Gasteiger partial charge in [0.25, 0.3) is 11.8 Å². The van der Waals surface area contributed by atoms with E-state index >= 15 is 0 Å². The van der Waals surface area contributed by atoms with E-state index in [0.717, 1.165) is 5.56 Å². The topological polar surface area (TPSA) is 137 Å². The number of rotatable bonds is 6. The number of hydrogen-bond donors (Lipinski definition) is 4. The van der Waals surface area contributed by atoms with Crippen LogP contribution in [-0.4, -0.2) is 36.5 Å². The molecule has 0 saturated heterocycles. The van der Waals surface area contributed by atoms with Gasteiger partial charge in [-0.25, -0.2) is 0 Å². The first kappa shape index (κ1) is 24.8. The average Bonchev–Trinajstić information content (AvgIpc) is 2.50. The first-order valence-electron chi connectivity index (χ1n) is 6.68. The Morgan fingerprint density at radius 3 is 2.00 bits per heavy atom. The fourth-order valence-electron chi connectivity index (χ4n) is 1.55. The summed E-state index contributed by atoms with van der Waals surface area (Å²) >= 11 is 0. The van der Waals surface area contributed by atoms with Crippen LogP contribution in [0.5, 0.6) is 0 Å². The molecule has 2 amide bonds. The maximum atomic E-state index is 11.8. The molecule has 0 aliphatic heterocycles.